The van der Waals surface area contributed by atoms with Gasteiger partial charge in [-0.15, -0.1) is 0 Å². The minimum absolute atomic E-state index is 0.0937. The Morgan fingerprint density at radius 1 is 1.36 bits per heavy atom. The Bertz CT molecular complexity index is 136. The first-order valence-electron chi connectivity index (χ1n) is 4.23. The van der Waals surface area contributed by atoms with Crippen molar-refractivity contribution in [1.82, 2.24) is 0 Å². The zero-order chi connectivity index (χ0) is 7.68. The van der Waals surface area contributed by atoms with Crippen molar-refractivity contribution in [3.63, 3.8) is 0 Å². The summed E-state index contributed by atoms with van der Waals surface area (Å²) in [5, 5.41) is 0. The summed E-state index contributed by atoms with van der Waals surface area (Å²) in [6.07, 6.45) is 3.96. The number of alkyl halides is 1. The Hall–Kier alpha value is 0.650. The average Bonchev–Trinajstić information content (AvgIpc) is 2.73. The average molecular weight is 268 g/mol. The lowest BCUT2D eigenvalue weighted by atomic mass is 10.3. The van der Waals surface area contributed by atoms with E-state index in [0.29, 0.717) is 3.92 Å². The van der Waals surface area contributed by atoms with Gasteiger partial charge in [-0.1, -0.05) is 22.6 Å². The van der Waals surface area contributed by atoms with Crippen molar-refractivity contribution in [1.29, 1.82) is 0 Å². The maximum Gasteiger partial charge on any atom is 0.169 e. The monoisotopic (exact) mass is 268 g/mol. The molecule has 3 heteroatoms. The van der Waals surface area contributed by atoms with Crippen molar-refractivity contribution in [2.24, 2.45) is 5.92 Å². The van der Waals surface area contributed by atoms with E-state index in [-0.39, 0.29) is 6.29 Å². The standard InChI is InChI=1S/C8H13IO2/c9-7-3-4-10-8(7)11-5-6-1-2-6/h6-8H,1-5H2/t7-,8+/m1/s1. The highest BCUT2D eigenvalue weighted by Gasteiger charge is 2.29. The molecule has 1 saturated carbocycles. The molecule has 0 spiro atoms. The normalized spacial score (nSPS) is 37.9. The van der Waals surface area contributed by atoms with Gasteiger partial charge in [0, 0.05) is 0 Å². The minimum atomic E-state index is 0.0937. The van der Waals surface area contributed by atoms with Crippen molar-refractivity contribution >= 4 is 22.6 Å². The van der Waals surface area contributed by atoms with E-state index in [1.54, 1.807) is 0 Å². The third kappa shape index (κ3) is 2.29. The Labute approximate surface area is 80.8 Å². The van der Waals surface area contributed by atoms with Gasteiger partial charge in [-0.3, -0.25) is 0 Å². The lowest BCUT2D eigenvalue weighted by molar-refractivity contribution is -0.109. The van der Waals surface area contributed by atoms with E-state index < -0.39 is 0 Å². The second-order valence-corrected chi connectivity index (χ2v) is 4.92. The maximum atomic E-state index is 5.61. The Morgan fingerprint density at radius 3 is 2.73 bits per heavy atom. The van der Waals surface area contributed by atoms with Crippen molar-refractivity contribution in [3.05, 3.63) is 0 Å². The molecule has 0 radical (unpaired) electrons. The molecule has 0 N–H and O–H groups in total. The molecule has 2 fully saturated rings. The van der Waals surface area contributed by atoms with Crippen LogP contribution in [-0.2, 0) is 9.47 Å². The van der Waals surface area contributed by atoms with E-state index in [2.05, 4.69) is 22.6 Å². The van der Waals surface area contributed by atoms with Gasteiger partial charge >= 0.3 is 0 Å². The summed E-state index contributed by atoms with van der Waals surface area (Å²) in [6.45, 7) is 1.80. The van der Waals surface area contributed by atoms with Crippen LogP contribution in [0.2, 0.25) is 0 Å². The van der Waals surface area contributed by atoms with Gasteiger partial charge in [0.05, 0.1) is 17.1 Å². The Balaban J connectivity index is 1.67. The van der Waals surface area contributed by atoms with Crippen LogP contribution in [0.25, 0.3) is 0 Å². The molecule has 0 amide bonds. The molecule has 1 heterocycles. The van der Waals surface area contributed by atoms with Crippen LogP contribution in [-0.4, -0.2) is 23.4 Å². The quantitative estimate of drug-likeness (QED) is 0.575. The maximum absolute atomic E-state index is 5.61. The first-order chi connectivity index (χ1) is 5.36. The van der Waals surface area contributed by atoms with Crippen LogP contribution in [0.1, 0.15) is 19.3 Å². The van der Waals surface area contributed by atoms with E-state index in [1.165, 1.54) is 12.8 Å². The SMILES string of the molecule is I[C@@H]1CCO[C@H]1OCC1CC1. The number of hydrogen-bond donors (Lipinski definition) is 0. The van der Waals surface area contributed by atoms with E-state index in [0.717, 1.165) is 25.6 Å². The van der Waals surface area contributed by atoms with Crippen LogP contribution < -0.4 is 0 Å². The first-order valence-corrected chi connectivity index (χ1v) is 5.48. The second kappa shape index (κ2) is 3.58. The zero-order valence-corrected chi connectivity index (χ0v) is 8.62. The van der Waals surface area contributed by atoms with E-state index in [4.69, 9.17) is 9.47 Å². The number of rotatable bonds is 3. The Kier molecular flexibility index (Phi) is 2.69. The van der Waals surface area contributed by atoms with Crippen molar-refractivity contribution in [2.45, 2.75) is 29.5 Å². The molecule has 0 aromatic rings. The summed E-state index contributed by atoms with van der Waals surface area (Å²) in [4.78, 5) is 0. The summed E-state index contributed by atoms with van der Waals surface area (Å²) < 4.78 is 11.6. The second-order valence-electron chi connectivity index (χ2n) is 3.32. The fourth-order valence-electron chi connectivity index (χ4n) is 1.21. The predicted octanol–water partition coefficient (Wildman–Crippen LogP) is 1.96. The molecule has 1 saturated heterocycles. The fraction of sp³-hybridized carbons (Fsp3) is 1.00. The van der Waals surface area contributed by atoms with Gasteiger partial charge in [0.2, 0.25) is 0 Å². The summed E-state index contributed by atoms with van der Waals surface area (Å²) in [6, 6.07) is 0. The van der Waals surface area contributed by atoms with Gasteiger partial charge in [-0.25, -0.2) is 0 Å². The molecule has 2 aliphatic rings. The van der Waals surface area contributed by atoms with Crippen molar-refractivity contribution in [2.75, 3.05) is 13.2 Å². The molecular weight excluding hydrogens is 255 g/mol. The van der Waals surface area contributed by atoms with Crippen LogP contribution in [0.3, 0.4) is 0 Å². The summed E-state index contributed by atoms with van der Waals surface area (Å²) in [5.41, 5.74) is 0. The molecule has 0 aromatic heterocycles. The van der Waals surface area contributed by atoms with E-state index >= 15 is 0 Å². The highest BCUT2D eigenvalue weighted by Crippen LogP contribution is 2.31. The number of ether oxygens (including phenoxy) is 2. The number of hydrogen-bond acceptors (Lipinski definition) is 2. The molecule has 0 aromatic carbocycles. The molecular formula is C8H13IO2. The lowest BCUT2D eigenvalue weighted by Crippen LogP contribution is -2.20. The molecule has 1 aliphatic carbocycles. The van der Waals surface area contributed by atoms with Gasteiger partial charge in [0.1, 0.15) is 0 Å². The van der Waals surface area contributed by atoms with Gasteiger partial charge in [-0.2, -0.15) is 0 Å². The third-order valence-electron chi connectivity index (χ3n) is 2.16. The Morgan fingerprint density at radius 2 is 2.18 bits per heavy atom. The molecule has 0 bridgehead atoms. The zero-order valence-electron chi connectivity index (χ0n) is 6.46. The number of halogens is 1. The van der Waals surface area contributed by atoms with E-state index in [1.807, 2.05) is 0 Å². The van der Waals surface area contributed by atoms with Gasteiger partial charge in [-0.05, 0) is 25.2 Å². The molecule has 0 unspecified atom stereocenters. The van der Waals surface area contributed by atoms with Crippen LogP contribution in [0, 0.1) is 5.92 Å². The van der Waals surface area contributed by atoms with Crippen molar-refractivity contribution < 1.29 is 9.47 Å². The fourth-order valence-corrected chi connectivity index (χ4v) is 1.87. The molecule has 2 rings (SSSR count). The molecule has 11 heavy (non-hydrogen) atoms. The van der Waals surface area contributed by atoms with Gasteiger partial charge in [0.15, 0.2) is 6.29 Å². The minimum Gasteiger partial charge on any atom is -0.351 e. The topological polar surface area (TPSA) is 18.5 Å². The summed E-state index contributed by atoms with van der Waals surface area (Å²) >= 11 is 2.41. The lowest BCUT2D eigenvalue weighted by Gasteiger charge is -2.13. The van der Waals surface area contributed by atoms with Gasteiger partial charge in [0.25, 0.3) is 0 Å². The summed E-state index contributed by atoms with van der Waals surface area (Å²) in [5.74, 6) is 0.850. The van der Waals surface area contributed by atoms with Crippen LogP contribution in [0.15, 0.2) is 0 Å². The largest absolute Gasteiger partial charge is 0.351 e. The summed E-state index contributed by atoms with van der Waals surface area (Å²) in [7, 11) is 0. The molecule has 64 valence electrons. The highest BCUT2D eigenvalue weighted by atomic mass is 127. The van der Waals surface area contributed by atoms with Gasteiger partial charge < -0.3 is 9.47 Å². The molecule has 1 aliphatic heterocycles. The first kappa shape index (κ1) is 8.26. The molecule has 2 nitrogen and oxygen atoms in total. The smallest absolute Gasteiger partial charge is 0.169 e. The molecule has 2 atom stereocenters. The van der Waals surface area contributed by atoms with Crippen LogP contribution in [0.5, 0.6) is 0 Å². The van der Waals surface area contributed by atoms with Crippen LogP contribution in [0.4, 0.5) is 0 Å². The van der Waals surface area contributed by atoms with E-state index in [9.17, 15) is 0 Å². The highest BCUT2D eigenvalue weighted by molar-refractivity contribution is 14.1. The van der Waals surface area contributed by atoms with Crippen molar-refractivity contribution in [3.8, 4) is 0 Å². The predicted molar refractivity (Wildman–Crippen MR) is 50.8 cm³/mol. The van der Waals surface area contributed by atoms with Crippen LogP contribution >= 0.6 is 22.6 Å². The third-order valence-corrected chi connectivity index (χ3v) is 3.37.